The molecule has 1 aliphatic heterocycles. The van der Waals surface area contributed by atoms with Gasteiger partial charge in [-0.05, 0) is 66.6 Å². The van der Waals surface area contributed by atoms with Crippen LogP contribution in [0.4, 0.5) is 5.69 Å². The number of carbonyl (C=O) groups is 1. The Kier molecular flexibility index (Phi) is 5.66. The molecule has 0 aliphatic carbocycles. The van der Waals surface area contributed by atoms with Crippen LogP contribution in [-0.2, 0) is 4.79 Å². The zero-order chi connectivity index (χ0) is 20.9. The van der Waals surface area contributed by atoms with Gasteiger partial charge in [0.05, 0.1) is 19.4 Å². The zero-order valence-corrected chi connectivity index (χ0v) is 17.0. The average molecular weight is 397 g/mol. The third kappa shape index (κ3) is 3.98. The standard InChI is InChI=1S/C26H23NO3/c1-3-30-24-13-9-19(10-14-24)17-21-18-25(20-7-5-4-6-8-20)27(26(21)28)22-11-15-23(29-2)16-12-22/h4-18H,3H2,1-2H3/b21-17+. The van der Waals surface area contributed by atoms with E-state index in [-0.39, 0.29) is 5.91 Å². The average Bonchev–Trinajstić information content (AvgIpc) is 3.12. The topological polar surface area (TPSA) is 38.8 Å². The summed E-state index contributed by atoms with van der Waals surface area (Å²) in [5.74, 6) is 1.51. The molecule has 3 aromatic carbocycles. The van der Waals surface area contributed by atoms with Crippen LogP contribution >= 0.6 is 0 Å². The number of rotatable bonds is 6. The Hall–Kier alpha value is -3.79. The van der Waals surface area contributed by atoms with Crippen molar-refractivity contribution in [2.24, 2.45) is 0 Å². The summed E-state index contributed by atoms with van der Waals surface area (Å²) in [7, 11) is 1.63. The van der Waals surface area contributed by atoms with E-state index in [1.165, 1.54) is 0 Å². The Morgan fingerprint density at radius 3 is 2.17 bits per heavy atom. The molecule has 4 heteroatoms. The fraction of sp³-hybridized carbons (Fsp3) is 0.115. The van der Waals surface area contributed by atoms with Crippen molar-refractivity contribution >= 4 is 23.4 Å². The van der Waals surface area contributed by atoms with E-state index in [4.69, 9.17) is 9.47 Å². The van der Waals surface area contributed by atoms with E-state index in [0.717, 1.165) is 34.0 Å². The third-order valence-electron chi connectivity index (χ3n) is 4.90. The number of anilines is 1. The molecule has 0 spiro atoms. The molecular formula is C26H23NO3. The van der Waals surface area contributed by atoms with Crippen molar-refractivity contribution in [3.05, 3.63) is 102 Å². The Bertz CT molecular complexity index is 1080. The molecule has 0 unspecified atom stereocenters. The molecule has 0 bridgehead atoms. The lowest BCUT2D eigenvalue weighted by Crippen LogP contribution is -2.24. The largest absolute Gasteiger partial charge is 0.497 e. The molecule has 0 fully saturated rings. The number of carbonyl (C=O) groups excluding carboxylic acids is 1. The van der Waals surface area contributed by atoms with E-state index in [0.29, 0.717) is 12.2 Å². The highest BCUT2D eigenvalue weighted by atomic mass is 16.5. The van der Waals surface area contributed by atoms with Crippen molar-refractivity contribution in [3.63, 3.8) is 0 Å². The summed E-state index contributed by atoms with van der Waals surface area (Å²) in [4.78, 5) is 15.1. The lowest BCUT2D eigenvalue weighted by atomic mass is 10.1. The highest BCUT2D eigenvalue weighted by Gasteiger charge is 2.30. The molecule has 3 aromatic rings. The number of amides is 1. The van der Waals surface area contributed by atoms with Crippen LogP contribution in [0.1, 0.15) is 18.1 Å². The van der Waals surface area contributed by atoms with Crippen molar-refractivity contribution in [1.82, 2.24) is 0 Å². The molecule has 1 heterocycles. The molecule has 30 heavy (non-hydrogen) atoms. The van der Waals surface area contributed by atoms with Crippen molar-refractivity contribution in [3.8, 4) is 11.5 Å². The first-order chi connectivity index (χ1) is 14.7. The van der Waals surface area contributed by atoms with Crippen LogP contribution in [0.25, 0.3) is 11.8 Å². The van der Waals surface area contributed by atoms with Crippen LogP contribution in [0.3, 0.4) is 0 Å². The van der Waals surface area contributed by atoms with Gasteiger partial charge in [-0.2, -0.15) is 0 Å². The second-order valence-corrected chi connectivity index (χ2v) is 6.84. The Morgan fingerprint density at radius 1 is 0.867 bits per heavy atom. The van der Waals surface area contributed by atoms with Crippen LogP contribution in [0.2, 0.25) is 0 Å². The van der Waals surface area contributed by atoms with Gasteiger partial charge in [-0.25, -0.2) is 0 Å². The summed E-state index contributed by atoms with van der Waals surface area (Å²) in [5.41, 5.74) is 4.21. The number of ether oxygens (including phenoxy) is 2. The first-order valence-electron chi connectivity index (χ1n) is 9.90. The maximum absolute atomic E-state index is 13.4. The highest BCUT2D eigenvalue weighted by Crippen LogP contribution is 2.35. The number of benzene rings is 3. The normalized spacial score (nSPS) is 14.7. The summed E-state index contributed by atoms with van der Waals surface area (Å²) in [5, 5.41) is 0. The lowest BCUT2D eigenvalue weighted by molar-refractivity contribution is -0.113. The minimum atomic E-state index is -0.0621. The van der Waals surface area contributed by atoms with Crippen LogP contribution < -0.4 is 14.4 Å². The smallest absolute Gasteiger partial charge is 0.262 e. The van der Waals surface area contributed by atoms with Crippen LogP contribution in [0.5, 0.6) is 11.5 Å². The van der Waals surface area contributed by atoms with E-state index in [2.05, 4.69) is 0 Å². The van der Waals surface area contributed by atoms with E-state index in [1.807, 2.05) is 97.9 Å². The predicted molar refractivity (Wildman–Crippen MR) is 120 cm³/mol. The van der Waals surface area contributed by atoms with Gasteiger partial charge in [0.1, 0.15) is 11.5 Å². The molecule has 0 radical (unpaired) electrons. The van der Waals surface area contributed by atoms with Crippen LogP contribution in [0.15, 0.2) is 90.5 Å². The van der Waals surface area contributed by atoms with Gasteiger partial charge >= 0.3 is 0 Å². The van der Waals surface area contributed by atoms with E-state index >= 15 is 0 Å². The maximum atomic E-state index is 13.4. The molecule has 0 aromatic heterocycles. The van der Waals surface area contributed by atoms with Gasteiger partial charge in [0, 0.05) is 11.3 Å². The van der Waals surface area contributed by atoms with Gasteiger partial charge < -0.3 is 9.47 Å². The molecule has 1 amide bonds. The number of nitrogens with zero attached hydrogens (tertiary/aromatic N) is 1. The quantitative estimate of drug-likeness (QED) is 0.511. The van der Waals surface area contributed by atoms with Gasteiger partial charge in [-0.3, -0.25) is 9.69 Å². The molecule has 0 N–H and O–H groups in total. The maximum Gasteiger partial charge on any atom is 0.262 e. The molecular weight excluding hydrogens is 374 g/mol. The fourth-order valence-corrected chi connectivity index (χ4v) is 3.43. The molecule has 1 aliphatic rings. The second-order valence-electron chi connectivity index (χ2n) is 6.84. The van der Waals surface area contributed by atoms with Crippen molar-refractivity contribution in [2.75, 3.05) is 18.6 Å². The van der Waals surface area contributed by atoms with E-state index in [1.54, 1.807) is 12.0 Å². The van der Waals surface area contributed by atoms with Gasteiger partial charge in [0.25, 0.3) is 5.91 Å². The molecule has 150 valence electrons. The third-order valence-corrected chi connectivity index (χ3v) is 4.90. The van der Waals surface area contributed by atoms with Gasteiger partial charge in [-0.1, -0.05) is 42.5 Å². The number of hydrogen-bond donors (Lipinski definition) is 0. The van der Waals surface area contributed by atoms with Gasteiger partial charge in [0.2, 0.25) is 0 Å². The van der Waals surface area contributed by atoms with Crippen LogP contribution in [-0.4, -0.2) is 19.6 Å². The molecule has 0 saturated carbocycles. The Labute approximate surface area is 176 Å². The molecule has 0 atom stereocenters. The number of hydrogen-bond acceptors (Lipinski definition) is 3. The fourth-order valence-electron chi connectivity index (χ4n) is 3.43. The molecule has 4 rings (SSSR count). The highest BCUT2D eigenvalue weighted by molar-refractivity contribution is 6.23. The minimum absolute atomic E-state index is 0.0621. The van der Waals surface area contributed by atoms with Gasteiger partial charge in [0.15, 0.2) is 0 Å². The summed E-state index contributed by atoms with van der Waals surface area (Å²) >= 11 is 0. The first kappa shape index (κ1) is 19.5. The lowest BCUT2D eigenvalue weighted by Gasteiger charge is -2.21. The van der Waals surface area contributed by atoms with Crippen molar-refractivity contribution in [1.29, 1.82) is 0 Å². The predicted octanol–water partition coefficient (Wildman–Crippen LogP) is 5.57. The van der Waals surface area contributed by atoms with Crippen molar-refractivity contribution in [2.45, 2.75) is 6.92 Å². The van der Waals surface area contributed by atoms with Crippen molar-refractivity contribution < 1.29 is 14.3 Å². The minimum Gasteiger partial charge on any atom is -0.497 e. The van der Waals surface area contributed by atoms with Crippen LogP contribution in [0, 0.1) is 0 Å². The SMILES string of the molecule is CCOc1ccc(/C=C2\C=C(c3ccccc3)N(c3ccc(OC)cc3)C2=O)cc1. The Morgan fingerprint density at radius 2 is 1.53 bits per heavy atom. The van der Waals surface area contributed by atoms with E-state index in [9.17, 15) is 4.79 Å². The zero-order valence-electron chi connectivity index (χ0n) is 17.0. The second kappa shape index (κ2) is 8.70. The monoisotopic (exact) mass is 397 g/mol. The molecule has 0 saturated heterocycles. The number of methoxy groups -OCH3 is 1. The molecule has 4 nitrogen and oxygen atoms in total. The van der Waals surface area contributed by atoms with Gasteiger partial charge in [-0.15, -0.1) is 0 Å². The van der Waals surface area contributed by atoms with E-state index < -0.39 is 0 Å². The summed E-state index contributed by atoms with van der Waals surface area (Å²) in [6, 6.07) is 25.2. The summed E-state index contributed by atoms with van der Waals surface area (Å²) < 4.78 is 10.8. The Balaban J connectivity index is 1.73. The first-order valence-corrected chi connectivity index (χ1v) is 9.90. The summed E-state index contributed by atoms with van der Waals surface area (Å²) in [6.07, 6.45) is 3.85. The summed E-state index contributed by atoms with van der Waals surface area (Å²) in [6.45, 7) is 2.58.